The summed E-state index contributed by atoms with van der Waals surface area (Å²) in [4.78, 5) is 25.5. The lowest BCUT2D eigenvalue weighted by Gasteiger charge is -2.12. The molecule has 32 heavy (non-hydrogen) atoms. The minimum atomic E-state index is -0.0653. The molecule has 0 spiro atoms. The van der Waals surface area contributed by atoms with Crippen molar-refractivity contribution < 1.29 is 4.79 Å². The Morgan fingerprint density at radius 2 is 1.91 bits per heavy atom. The number of carbonyl (C=O) groups excluding carboxylic acids is 1. The van der Waals surface area contributed by atoms with Gasteiger partial charge in [0.15, 0.2) is 11.8 Å². The highest BCUT2D eigenvalue weighted by Gasteiger charge is 2.18. The number of nitrogens with one attached hydrogen (secondary N) is 2. The highest BCUT2D eigenvalue weighted by molar-refractivity contribution is 5.96. The van der Waals surface area contributed by atoms with Gasteiger partial charge in [-0.25, -0.2) is 4.98 Å². The molecule has 0 radical (unpaired) electrons. The number of guanidine groups is 1. The van der Waals surface area contributed by atoms with Crippen LogP contribution in [0.3, 0.4) is 0 Å². The van der Waals surface area contributed by atoms with E-state index in [1.54, 1.807) is 36.5 Å². The highest BCUT2D eigenvalue weighted by Crippen LogP contribution is 2.21. The van der Waals surface area contributed by atoms with E-state index in [4.69, 9.17) is 11.0 Å². The maximum atomic E-state index is 12.5. The summed E-state index contributed by atoms with van der Waals surface area (Å²) in [5.74, 6) is 0.355. The molecule has 2 aromatic carbocycles. The predicted molar refractivity (Wildman–Crippen MR) is 123 cm³/mol. The number of nitriles is 1. The van der Waals surface area contributed by atoms with E-state index in [0.717, 1.165) is 18.4 Å². The SMILES string of the molecule is N#Cc1ccccc1NC(N)=Nc1cnc(-c2cccc(C(=O)NC3CCCC3)c2)cn1. The first-order chi connectivity index (χ1) is 15.6. The lowest BCUT2D eigenvalue weighted by Crippen LogP contribution is -2.32. The summed E-state index contributed by atoms with van der Waals surface area (Å²) < 4.78 is 0. The van der Waals surface area contributed by atoms with E-state index in [9.17, 15) is 4.79 Å². The molecule has 1 aliphatic carbocycles. The predicted octanol–water partition coefficient (Wildman–Crippen LogP) is 3.75. The molecule has 8 nitrogen and oxygen atoms in total. The topological polar surface area (TPSA) is 129 Å². The largest absolute Gasteiger partial charge is 0.369 e. The van der Waals surface area contributed by atoms with E-state index in [0.29, 0.717) is 28.3 Å². The molecule has 160 valence electrons. The number of benzene rings is 2. The monoisotopic (exact) mass is 425 g/mol. The zero-order chi connectivity index (χ0) is 22.3. The lowest BCUT2D eigenvalue weighted by molar-refractivity contribution is 0.0938. The third-order valence-electron chi connectivity index (χ3n) is 5.29. The van der Waals surface area contributed by atoms with Crippen molar-refractivity contribution in [3.05, 3.63) is 72.1 Å². The molecular weight excluding hydrogens is 402 g/mol. The van der Waals surface area contributed by atoms with Crippen LogP contribution in [0.4, 0.5) is 11.5 Å². The van der Waals surface area contributed by atoms with Gasteiger partial charge in [0.05, 0.1) is 29.3 Å². The molecule has 0 bridgehead atoms. The Bertz CT molecular complexity index is 1180. The van der Waals surface area contributed by atoms with Gasteiger partial charge in [-0.15, -0.1) is 0 Å². The summed E-state index contributed by atoms with van der Waals surface area (Å²) >= 11 is 0. The van der Waals surface area contributed by atoms with Crippen LogP contribution in [0, 0.1) is 11.3 Å². The fourth-order valence-corrected chi connectivity index (χ4v) is 3.67. The lowest BCUT2D eigenvalue weighted by atomic mass is 10.1. The van der Waals surface area contributed by atoms with Crippen molar-refractivity contribution in [3.63, 3.8) is 0 Å². The Balaban J connectivity index is 1.46. The second-order valence-electron chi connectivity index (χ2n) is 7.57. The van der Waals surface area contributed by atoms with Crippen molar-refractivity contribution in [1.29, 1.82) is 5.26 Å². The number of para-hydroxylation sites is 1. The van der Waals surface area contributed by atoms with Crippen LogP contribution in [0.5, 0.6) is 0 Å². The quantitative estimate of drug-likeness (QED) is 0.422. The Kier molecular flexibility index (Phi) is 6.37. The molecule has 8 heteroatoms. The molecule has 1 aliphatic rings. The fraction of sp³-hybridized carbons (Fsp3) is 0.208. The number of carbonyl (C=O) groups is 1. The van der Waals surface area contributed by atoms with Gasteiger partial charge in [-0.2, -0.15) is 10.3 Å². The van der Waals surface area contributed by atoms with Gasteiger partial charge in [0.25, 0.3) is 5.91 Å². The molecule has 1 amide bonds. The van der Waals surface area contributed by atoms with Crippen LogP contribution in [0.1, 0.15) is 41.6 Å². The van der Waals surface area contributed by atoms with Gasteiger partial charge < -0.3 is 16.4 Å². The molecule has 0 atom stereocenters. The summed E-state index contributed by atoms with van der Waals surface area (Å²) in [5, 5.41) is 15.2. The van der Waals surface area contributed by atoms with Gasteiger partial charge in [-0.05, 0) is 37.1 Å². The number of nitrogens with two attached hydrogens (primary N) is 1. The summed E-state index contributed by atoms with van der Waals surface area (Å²) in [6.45, 7) is 0. The maximum absolute atomic E-state index is 12.5. The second-order valence-corrected chi connectivity index (χ2v) is 7.57. The molecule has 4 N–H and O–H groups in total. The first-order valence-electron chi connectivity index (χ1n) is 10.5. The zero-order valence-corrected chi connectivity index (χ0v) is 17.5. The number of hydrogen-bond donors (Lipinski definition) is 3. The number of aromatic nitrogens is 2. The summed E-state index contributed by atoms with van der Waals surface area (Å²) in [5.41, 5.74) is 8.99. The summed E-state index contributed by atoms with van der Waals surface area (Å²) in [6, 6.07) is 16.7. The zero-order valence-electron chi connectivity index (χ0n) is 17.5. The highest BCUT2D eigenvalue weighted by atomic mass is 16.1. The van der Waals surface area contributed by atoms with Crippen molar-refractivity contribution >= 4 is 23.4 Å². The Morgan fingerprint density at radius 1 is 1.09 bits per heavy atom. The van der Waals surface area contributed by atoms with E-state index >= 15 is 0 Å². The van der Waals surface area contributed by atoms with Crippen molar-refractivity contribution in [2.75, 3.05) is 5.32 Å². The molecule has 1 heterocycles. The number of aliphatic imine (C=N–C) groups is 1. The normalized spacial score (nSPS) is 14.0. The number of anilines is 1. The molecule has 4 rings (SSSR count). The van der Waals surface area contributed by atoms with Crippen molar-refractivity contribution in [3.8, 4) is 17.3 Å². The molecule has 1 saturated carbocycles. The third kappa shape index (κ3) is 5.08. The number of nitrogens with zero attached hydrogens (tertiary/aromatic N) is 4. The van der Waals surface area contributed by atoms with E-state index in [1.807, 2.05) is 18.2 Å². The maximum Gasteiger partial charge on any atom is 0.251 e. The number of amides is 1. The second kappa shape index (κ2) is 9.71. The van der Waals surface area contributed by atoms with E-state index in [-0.39, 0.29) is 17.9 Å². The molecular formula is C24H23N7O. The van der Waals surface area contributed by atoms with Crippen LogP contribution in [0.25, 0.3) is 11.3 Å². The van der Waals surface area contributed by atoms with Crippen LogP contribution in [-0.4, -0.2) is 27.9 Å². The third-order valence-corrected chi connectivity index (χ3v) is 5.29. The molecule has 0 aliphatic heterocycles. The molecule has 1 fully saturated rings. The summed E-state index contributed by atoms with van der Waals surface area (Å²) in [6.07, 6.45) is 7.51. The van der Waals surface area contributed by atoms with E-state index in [1.165, 1.54) is 19.0 Å². The van der Waals surface area contributed by atoms with Gasteiger partial charge in [0, 0.05) is 17.2 Å². The van der Waals surface area contributed by atoms with Crippen LogP contribution < -0.4 is 16.4 Å². The standard InChI is InChI=1S/C24H23N7O/c25-13-18-6-1-4-11-20(18)30-24(26)31-22-15-27-21(14-28-22)16-7-5-8-17(12-16)23(32)29-19-9-2-3-10-19/h1,4-8,11-12,14-15,19H,2-3,9-10H2,(H,29,32)(H3,26,28,30,31). The van der Waals surface area contributed by atoms with Crippen molar-refractivity contribution in [2.45, 2.75) is 31.7 Å². The molecule has 1 aromatic heterocycles. The van der Waals surface area contributed by atoms with E-state index < -0.39 is 0 Å². The molecule has 0 unspecified atom stereocenters. The first-order valence-corrected chi connectivity index (χ1v) is 10.5. The number of hydrogen-bond acceptors (Lipinski definition) is 5. The Hall–Kier alpha value is -4.25. The van der Waals surface area contributed by atoms with Crippen LogP contribution in [0.15, 0.2) is 65.9 Å². The minimum absolute atomic E-state index is 0.0653. The summed E-state index contributed by atoms with van der Waals surface area (Å²) in [7, 11) is 0. The number of rotatable bonds is 5. The van der Waals surface area contributed by atoms with Gasteiger partial charge in [-0.1, -0.05) is 37.1 Å². The van der Waals surface area contributed by atoms with Gasteiger partial charge in [0.2, 0.25) is 0 Å². The van der Waals surface area contributed by atoms with Gasteiger partial charge >= 0.3 is 0 Å². The minimum Gasteiger partial charge on any atom is -0.369 e. The molecule has 3 aromatic rings. The average molecular weight is 425 g/mol. The van der Waals surface area contributed by atoms with E-state index in [2.05, 4.69) is 31.7 Å². The fourth-order valence-electron chi connectivity index (χ4n) is 3.67. The van der Waals surface area contributed by atoms with Crippen LogP contribution in [-0.2, 0) is 0 Å². The van der Waals surface area contributed by atoms with Gasteiger partial charge in [-0.3, -0.25) is 9.78 Å². The smallest absolute Gasteiger partial charge is 0.251 e. The Morgan fingerprint density at radius 3 is 2.66 bits per heavy atom. The van der Waals surface area contributed by atoms with Crippen LogP contribution >= 0.6 is 0 Å². The van der Waals surface area contributed by atoms with Crippen LogP contribution in [0.2, 0.25) is 0 Å². The van der Waals surface area contributed by atoms with Crippen molar-refractivity contribution in [1.82, 2.24) is 15.3 Å². The Labute approximate surface area is 186 Å². The van der Waals surface area contributed by atoms with Gasteiger partial charge in [0.1, 0.15) is 6.07 Å². The van der Waals surface area contributed by atoms with Crippen molar-refractivity contribution in [2.24, 2.45) is 10.7 Å². The average Bonchev–Trinajstić information content (AvgIpc) is 3.33. The first kappa shape index (κ1) is 21.0. The molecule has 0 saturated heterocycles.